The Bertz CT molecular complexity index is 1440. The third-order valence-corrected chi connectivity index (χ3v) is 6.29. The van der Waals surface area contributed by atoms with Crippen molar-refractivity contribution < 1.29 is 0 Å². The van der Waals surface area contributed by atoms with Crippen molar-refractivity contribution in [3.63, 3.8) is 0 Å². The first kappa shape index (κ1) is 21.7. The first-order valence-electron chi connectivity index (χ1n) is 11.8. The van der Waals surface area contributed by atoms with Crippen LogP contribution in [0.15, 0.2) is 104 Å². The molecule has 0 atom stereocenters. The number of fused-ring (bicyclic) bond motifs is 1. The number of aryl methyl sites for hydroxylation is 1. The van der Waals surface area contributed by atoms with Gasteiger partial charge in [-0.05, 0) is 65.4 Å². The second-order valence-electron chi connectivity index (χ2n) is 8.70. The Morgan fingerprint density at radius 3 is 2.35 bits per heavy atom. The fourth-order valence-electron chi connectivity index (χ4n) is 4.33. The predicted molar refractivity (Wildman–Crippen MR) is 145 cm³/mol. The summed E-state index contributed by atoms with van der Waals surface area (Å²) in [6.07, 6.45) is 1.03. The van der Waals surface area contributed by atoms with Gasteiger partial charge in [0.05, 0.1) is 17.6 Å². The highest BCUT2D eigenvalue weighted by atomic mass is 15.2. The van der Waals surface area contributed by atoms with Crippen molar-refractivity contribution >= 4 is 28.2 Å². The molecule has 1 aromatic heterocycles. The number of nitrogens with zero attached hydrogens (tertiary/aromatic N) is 2. The number of nitrogens with one attached hydrogen (secondary N) is 1. The summed E-state index contributed by atoms with van der Waals surface area (Å²) < 4.78 is 2.27. The van der Waals surface area contributed by atoms with Crippen LogP contribution in [0.25, 0.3) is 27.7 Å². The van der Waals surface area contributed by atoms with Gasteiger partial charge in [-0.25, -0.2) is 4.98 Å². The summed E-state index contributed by atoms with van der Waals surface area (Å²) in [6.45, 7) is 9.02. The van der Waals surface area contributed by atoms with E-state index in [1.54, 1.807) is 0 Å². The normalized spacial score (nSPS) is 11.0. The van der Waals surface area contributed by atoms with Crippen LogP contribution < -0.4 is 5.32 Å². The summed E-state index contributed by atoms with van der Waals surface area (Å²) in [5.41, 5.74) is 10.3. The van der Waals surface area contributed by atoms with E-state index in [2.05, 4.69) is 120 Å². The molecule has 5 rings (SSSR count). The molecule has 0 bridgehead atoms. The van der Waals surface area contributed by atoms with E-state index in [0.29, 0.717) is 6.54 Å². The summed E-state index contributed by atoms with van der Waals surface area (Å²) in [5, 5.41) is 3.57. The van der Waals surface area contributed by atoms with E-state index in [1.165, 1.54) is 22.3 Å². The van der Waals surface area contributed by atoms with Crippen LogP contribution in [0.3, 0.4) is 0 Å². The van der Waals surface area contributed by atoms with Crippen LogP contribution in [-0.4, -0.2) is 9.55 Å². The molecule has 1 N–H and O–H groups in total. The predicted octanol–water partition coefficient (Wildman–Crippen LogP) is 8.09. The first-order chi connectivity index (χ1) is 16.6. The van der Waals surface area contributed by atoms with Crippen molar-refractivity contribution in [2.45, 2.75) is 26.8 Å². The van der Waals surface area contributed by atoms with Crippen molar-refractivity contribution in [1.82, 2.24) is 9.55 Å². The quantitative estimate of drug-likeness (QED) is 0.275. The minimum atomic E-state index is 0.712. The van der Waals surface area contributed by atoms with E-state index in [0.717, 1.165) is 40.2 Å². The highest BCUT2D eigenvalue weighted by Gasteiger charge is 2.14. The van der Waals surface area contributed by atoms with Crippen molar-refractivity contribution in [2.75, 3.05) is 5.32 Å². The standard InChI is InChI=1S/C31H29N3/c1-4-23-14-17-27(18-15-23)32-31-33-29-20-25(22(2)3)16-19-30(29)34(31)21-26-12-8-9-13-28(26)24-10-6-5-7-11-24/h5-20H,2,4,21H2,1,3H3,(H,32,33). The topological polar surface area (TPSA) is 29.9 Å². The summed E-state index contributed by atoms with van der Waals surface area (Å²) in [4.78, 5) is 5.00. The van der Waals surface area contributed by atoms with Gasteiger partial charge in [0.1, 0.15) is 0 Å². The van der Waals surface area contributed by atoms with Crippen LogP contribution in [0.5, 0.6) is 0 Å². The molecule has 168 valence electrons. The molecular formula is C31H29N3. The number of anilines is 2. The molecule has 0 aliphatic rings. The highest BCUT2D eigenvalue weighted by Crippen LogP contribution is 2.30. The molecule has 0 unspecified atom stereocenters. The number of rotatable bonds is 7. The van der Waals surface area contributed by atoms with Gasteiger partial charge in [0, 0.05) is 5.69 Å². The van der Waals surface area contributed by atoms with Gasteiger partial charge in [-0.1, -0.05) is 91.9 Å². The fourth-order valence-corrected chi connectivity index (χ4v) is 4.33. The van der Waals surface area contributed by atoms with Gasteiger partial charge >= 0.3 is 0 Å². The molecule has 0 radical (unpaired) electrons. The summed E-state index contributed by atoms with van der Waals surface area (Å²) in [7, 11) is 0. The molecule has 5 aromatic rings. The molecule has 3 nitrogen and oxygen atoms in total. The molecular weight excluding hydrogens is 414 g/mol. The zero-order chi connectivity index (χ0) is 23.5. The Labute approximate surface area is 201 Å². The Kier molecular flexibility index (Phi) is 6.01. The monoisotopic (exact) mass is 443 g/mol. The lowest BCUT2D eigenvalue weighted by Crippen LogP contribution is -2.06. The van der Waals surface area contributed by atoms with Crippen LogP contribution in [0, 0.1) is 0 Å². The third kappa shape index (κ3) is 4.38. The Balaban J connectivity index is 1.60. The van der Waals surface area contributed by atoms with Crippen LogP contribution in [0.2, 0.25) is 0 Å². The Hall–Kier alpha value is -4.11. The Morgan fingerprint density at radius 1 is 0.882 bits per heavy atom. The van der Waals surface area contributed by atoms with Crippen LogP contribution in [0.1, 0.15) is 30.5 Å². The number of imidazole rings is 1. The largest absolute Gasteiger partial charge is 0.326 e. The lowest BCUT2D eigenvalue weighted by atomic mass is 9.99. The summed E-state index contributed by atoms with van der Waals surface area (Å²) in [6, 6.07) is 34.2. The fraction of sp³-hybridized carbons (Fsp3) is 0.129. The van der Waals surface area contributed by atoms with Crippen molar-refractivity contribution in [3.8, 4) is 11.1 Å². The maximum Gasteiger partial charge on any atom is 0.208 e. The molecule has 1 heterocycles. The smallest absolute Gasteiger partial charge is 0.208 e. The zero-order valence-electron chi connectivity index (χ0n) is 19.8. The first-order valence-corrected chi connectivity index (χ1v) is 11.8. The van der Waals surface area contributed by atoms with Gasteiger partial charge in [0.15, 0.2) is 0 Å². The van der Waals surface area contributed by atoms with Crippen LogP contribution in [0.4, 0.5) is 11.6 Å². The molecule has 0 saturated carbocycles. The van der Waals surface area contributed by atoms with E-state index < -0.39 is 0 Å². The minimum absolute atomic E-state index is 0.712. The molecule has 0 fully saturated rings. The number of aromatic nitrogens is 2. The van der Waals surface area contributed by atoms with Crippen LogP contribution >= 0.6 is 0 Å². The van der Waals surface area contributed by atoms with Crippen LogP contribution in [-0.2, 0) is 13.0 Å². The average molecular weight is 444 g/mol. The minimum Gasteiger partial charge on any atom is -0.326 e. The van der Waals surface area contributed by atoms with Gasteiger partial charge in [-0.3, -0.25) is 0 Å². The maximum absolute atomic E-state index is 5.00. The van der Waals surface area contributed by atoms with Gasteiger partial charge in [-0.15, -0.1) is 0 Å². The summed E-state index contributed by atoms with van der Waals surface area (Å²) >= 11 is 0. The molecule has 3 heteroatoms. The SMILES string of the molecule is C=C(C)c1ccc2c(c1)nc(Nc1ccc(CC)cc1)n2Cc1ccccc1-c1ccccc1. The second-order valence-corrected chi connectivity index (χ2v) is 8.70. The molecule has 0 amide bonds. The van der Waals surface area contributed by atoms with Gasteiger partial charge in [-0.2, -0.15) is 0 Å². The maximum atomic E-state index is 5.00. The van der Waals surface area contributed by atoms with Crippen molar-refractivity contribution in [1.29, 1.82) is 0 Å². The number of benzene rings is 4. The average Bonchev–Trinajstić information content (AvgIpc) is 3.21. The lowest BCUT2D eigenvalue weighted by Gasteiger charge is -2.15. The molecule has 4 aromatic carbocycles. The van der Waals surface area contributed by atoms with Crippen molar-refractivity contribution in [3.05, 3.63) is 120 Å². The molecule has 34 heavy (non-hydrogen) atoms. The van der Waals surface area contributed by atoms with Gasteiger partial charge < -0.3 is 9.88 Å². The van der Waals surface area contributed by atoms with Crippen molar-refractivity contribution in [2.24, 2.45) is 0 Å². The molecule has 0 saturated heterocycles. The zero-order valence-corrected chi connectivity index (χ0v) is 19.8. The van der Waals surface area contributed by atoms with Gasteiger partial charge in [0.25, 0.3) is 0 Å². The number of hydrogen-bond donors (Lipinski definition) is 1. The number of hydrogen-bond acceptors (Lipinski definition) is 2. The van der Waals surface area contributed by atoms with E-state index in [1.807, 2.05) is 6.92 Å². The molecule has 0 spiro atoms. The van der Waals surface area contributed by atoms with E-state index in [-0.39, 0.29) is 0 Å². The Morgan fingerprint density at radius 2 is 1.62 bits per heavy atom. The third-order valence-electron chi connectivity index (χ3n) is 6.29. The highest BCUT2D eigenvalue weighted by molar-refractivity contribution is 5.84. The van der Waals surface area contributed by atoms with E-state index in [4.69, 9.17) is 4.98 Å². The van der Waals surface area contributed by atoms with E-state index >= 15 is 0 Å². The number of allylic oxidation sites excluding steroid dienone is 1. The molecule has 0 aliphatic carbocycles. The lowest BCUT2D eigenvalue weighted by molar-refractivity contribution is 0.836. The van der Waals surface area contributed by atoms with E-state index in [9.17, 15) is 0 Å². The molecule has 0 aliphatic heterocycles. The second kappa shape index (κ2) is 9.40. The van der Waals surface area contributed by atoms with Gasteiger partial charge in [0.2, 0.25) is 5.95 Å². The summed E-state index contributed by atoms with van der Waals surface area (Å²) in [5.74, 6) is 0.834.